The standard InChI is InChI=1S/C14H18ClNO3S/c15-10-4-7-20-12(10)13(19)16-9-14(8-11(17)18)5-2-1-3-6-14/h4,7H,1-3,5-6,8-9H2,(H,16,19)(H,17,18). The summed E-state index contributed by atoms with van der Waals surface area (Å²) in [5, 5.41) is 14.2. The molecule has 4 nitrogen and oxygen atoms in total. The highest BCUT2D eigenvalue weighted by molar-refractivity contribution is 7.12. The third-order valence-corrected chi connectivity index (χ3v) is 5.23. The van der Waals surface area contributed by atoms with Crippen molar-refractivity contribution >= 4 is 34.8 Å². The molecule has 0 unspecified atom stereocenters. The summed E-state index contributed by atoms with van der Waals surface area (Å²) < 4.78 is 0. The van der Waals surface area contributed by atoms with Crippen LogP contribution in [0.1, 0.15) is 48.2 Å². The van der Waals surface area contributed by atoms with E-state index in [0.29, 0.717) is 16.4 Å². The minimum atomic E-state index is -0.796. The van der Waals surface area contributed by atoms with Crippen molar-refractivity contribution in [2.75, 3.05) is 6.54 Å². The van der Waals surface area contributed by atoms with Crippen LogP contribution in [-0.4, -0.2) is 23.5 Å². The second-order valence-corrected chi connectivity index (χ2v) is 6.73. The molecule has 1 aliphatic carbocycles. The third-order valence-electron chi connectivity index (χ3n) is 3.89. The summed E-state index contributed by atoms with van der Waals surface area (Å²) in [4.78, 5) is 23.6. The summed E-state index contributed by atoms with van der Waals surface area (Å²) in [6.07, 6.45) is 5.04. The summed E-state index contributed by atoms with van der Waals surface area (Å²) >= 11 is 7.23. The number of aliphatic carboxylic acids is 1. The van der Waals surface area contributed by atoms with Crippen molar-refractivity contribution in [3.8, 4) is 0 Å². The summed E-state index contributed by atoms with van der Waals surface area (Å²) in [6.45, 7) is 0.409. The van der Waals surface area contributed by atoms with Crippen molar-refractivity contribution in [1.82, 2.24) is 5.32 Å². The van der Waals surface area contributed by atoms with E-state index in [1.165, 1.54) is 11.3 Å². The molecule has 0 spiro atoms. The first-order chi connectivity index (χ1) is 9.52. The average Bonchev–Trinajstić information content (AvgIpc) is 2.83. The van der Waals surface area contributed by atoms with E-state index < -0.39 is 5.97 Å². The lowest BCUT2D eigenvalue weighted by atomic mass is 9.71. The molecule has 1 fully saturated rings. The van der Waals surface area contributed by atoms with Gasteiger partial charge in [0.2, 0.25) is 0 Å². The van der Waals surface area contributed by atoms with E-state index in [1.54, 1.807) is 11.4 Å². The minimum absolute atomic E-state index is 0.117. The normalized spacial score (nSPS) is 17.6. The van der Waals surface area contributed by atoms with E-state index >= 15 is 0 Å². The number of carboxylic acids is 1. The van der Waals surface area contributed by atoms with Crippen LogP contribution in [-0.2, 0) is 4.79 Å². The number of halogens is 1. The first kappa shape index (κ1) is 15.3. The molecule has 1 aliphatic rings. The number of carbonyl (C=O) groups excluding carboxylic acids is 1. The van der Waals surface area contributed by atoms with Gasteiger partial charge >= 0.3 is 5.97 Å². The molecule has 0 aromatic carbocycles. The van der Waals surface area contributed by atoms with Gasteiger partial charge in [0.05, 0.1) is 11.4 Å². The number of carboxylic acid groups (broad SMARTS) is 1. The smallest absolute Gasteiger partial charge is 0.303 e. The van der Waals surface area contributed by atoms with Crippen molar-refractivity contribution < 1.29 is 14.7 Å². The summed E-state index contributed by atoms with van der Waals surface area (Å²) in [7, 11) is 0. The fourth-order valence-electron chi connectivity index (χ4n) is 2.84. The van der Waals surface area contributed by atoms with Crippen molar-refractivity contribution in [2.24, 2.45) is 5.41 Å². The highest BCUT2D eigenvalue weighted by Crippen LogP contribution is 2.39. The van der Waals surface area contributed by atoms with Crippen LogP contribution in [0.4, 0.5) is 0 Å². The van der Waals surface area contributed by atoms with Gasteiger partial charge in [-0.15, -0.1) is 11.3 Å². The molecule has 0 bridgehead atoms. The van der Waals surface area contributed by atoms with Gasteiger partial charge in [-0.2, -0.15) is 0 Å². The van der Waals surface area contributed by atoms with Gasteiger partial charge in [0.1, 0.15) is 4.88 Å². The maximum Gasteiger partial charge on any atom is 0.303 e. The molecular formula is C14H18ClNO3S. The van der Waals surface area contributed by atoms with Gasteiger partial charge in [-0.05, 0) is 29.7 Å². The molecule has 1 heterocycles. The Balaban J connectivity index is 2.00. The Morgan fingerprint density at radius 1 is 1.35 bits per heavy atom. The first-order valence-electron chi connectivity index (χ1n) is 6.75. The number of nitrogens with one attached hydrogen (secondary N) is 1. The second kappa shape index (κ2) is 6.59. The van der Waals surface area contributed by atoms with Crippen LogP contribution < -0.4 is 5.32 Å². The van der Waals surface area contributed by atoms with Gasteiger partial charge in [0.15, 0.2) is 0 Å². The molecule has 1 saturated carbocycles. The van der Waals surface area contributed by atoms with Crippen LogP contribution in [0.5, 0.6) is 0 Å². The predicted octanol–water partition coefficient (Wildman–Crippen LogP) is 3.56. The zero-order chi connectivity index (χ0) is 14.6. The van der Waals surface area contributed by atoms with E-state index in [0.717, 1.165) is 32.1 Å². The van der Waals surface area contributed by atoms with Gasteiger partial charge in [-0.25, -0.2) is 0 Å². The Bertz CT molecular complexity index is 494. The summed E-state index contributed by atoms with van der Waals surface area (Å²) in [5.74, 6) is -1.00. The lowest BCUT2D eigenvalue weighted by Gasteiger charge is -2.36. The van der Waals surface area contributed by atoms with Crippen molar-refractivity contribution in [2.45, 2.75) is 38.5 Å². The molecule has 0 saturated heterocycles. The quantitative estimate of drug-likeness (QED) is 0.873. The monoisotopic (exact) mass is 315 g/mol. The number of rotatable bonds is 5. The molecule has 0 atom stereocenters. The molecule has 110 valence electrons. The SMILES string of the molecule is O=C(O)CC1(CNC(=O)c2sccc2Cl)CCCCC1. The molecule has 2 N–H and O–H groups in total. The van der Waals surface area contributed by atoms with E-state index in [9.17, 15) is 9.59 Å². The third kappa shape index (κ3) is 3.73. The first-order valence-corrected chi connectivity index (χ1v) is 8.01. The summed E-state index contributed by atoms with van der Waals surface area (Å²) in [6, 6.07) is 1.69. The predicted molar refractivity (Wildman–Crippen MR) is 79.4 cm³/mol. The zero-order valence-corrected chi connectivity index (χ0v) is 12.7. The van der Waals surface area contributed by atoms with Gasteiger partial charge in [-0.1, -0.05) is 30.9 Å². The lowest BCUT2D eigenvalue weighted by Crippen LogP contribution is -2.40. The fourth-order valence-corrected chi connectivity index (χ4v) is 3.90. The Morgan fingerprint density at radius 2 is 2.05 bits per heavy atom. The van der Waals surface area contributed by atoms with Crippen LogP contribution in [0.15, 0.2) is 11.4 Å². The number of amides is 1. The molecule has 1 aromatic heterocycles. The van der Waals surface area contributed by atoms with E-state index in [2.05, 4.69) is 5.32 Å². The maximum absolute atomic E-state index is 12.1. The minimum Gasteiger partial charge on any atom is -0.481 e. The molecule has 1 aromatic rings. The van der Waals surface area contributed by atoms with Crippen LogP contribution in [0.25, 0.3) is 0 Å². The largest absolute Gasteiger partial charge is 0.481 e. The van der Waals surface area contributed by atoms with E-state index in [-0.39, 0.29) is 17.7 Å². The van der Waals surface area contributed by atoms with Crippen molar-refractivity contribution in [1.29, 1.82) is 0 Å². The maximum atomic E-state index is 12.1. The van der Waals surface area contributed by atoms with Gasteiger partial charge in [-0.3, -0.25) is 9.59 Å². The van der Waals surface area contributed by atoms with Crippen LogP contribution >= 0.6 is 22.9 Å². The molecular weight excluding hydrogens is 298 g/mol. The fraction of sp³-hybridized carbons (Fsp3) is 0.571. The van der Waals surface area contributed by atoms with E-state index in [1.807, 2.05) is 0 Å². The molecule has 6 heteroatoms. The summed E-state index contributed by atoms with van der Waals surface area (Å²) in [5.41, 5.74) is -0.302. The molecule has 20 heavy (non-hydrogen) atoms. The molecule has 1 amide bonds. The van der Waals surface area contributed by atoms with Gasteiger partial charge < -0.3 is 10.4 Å². The molecule has 0 aliphatic heterocycles. The number of thiophene rings is 1. The Morgan fingerprint density at radius 3 is 2.60 bits per heavy atom. The van der Waals surface area contributed by atoms with Crippen LogP contribution in [0.2, 0.25) is 5.02 Å². The van der Waals surface area contributed by atoms with E-state index in [4.69, 9.17) is 16.7 Å². The lowest BCUT2D eigenvalue weighted by molar-refractivity contribution is -0.140. The van der Waals surface area contributed by atoms with Crippen LogP contribution in [0, 0.1) is 5.41 Å². The highest BCUT2D eigenvalue weighted by Gasteiger charge is 2.34. The highest BCUT2D eigenvalue weighted by atomic mass is 35.5. The number of hydrogen-bond acceptors (Lipinski definition) is 3. The molecule has 2 rings (SSSR count). The van der Waals surface area contributed by atoms with Gasteiger partial charge in [0, 0.05) is 6.54 Å². The Kier molecular flexibility index (Phi) is 5.05. The number of carbonyl (C=O) groups is 2. The van der Waals surface area contributed by atoms with Crippen LogP contribution in [0.3, 0.4) is 0 Å². The van der Waals surface area contributed by atoms with Crippen molar-refractivity contribution in [3.63, 3.8) is 0 Å². The Hall–Kier alpha value is -1.07. The second-order valence-electron chi connectivity index (χ2n) is 5.41. The van der Waals surface area contributed by atoms with Gasteiger partial charge in [0.25, 0.3) is 5.91 Å². The topological polar surface area (TPSA) is 66.4 Å². The number of hydrogen-bond donors (Lipinski definition) is 2. The average molecular weight is 316 g/mol. The molecule has 0 radical (unpaired) electrons. The van der Waals surface area contributed by atoms with Crippen molar-refractivity contribution in [3.05, 3.63) is 21.3 Å². The Labute approximate surface area is 127 Å². The zero-order valence-electron chi connectivity index (χ0n) is 11.2.